The number of aliphatic carboxylic acids is 1. The van der Waals surface area contributed by atoms with Gasteiger partial charge in [0.2, 0.25) is 5.91 Å². The number of nitrogens with one attached hydrogen (secondary N) is 1. The summed E-state index contributed by atoms with van der Waals surface area (Å²) in [5, 5.41) is 12.2. The standard InChI is InChI=1S/C14H22N2O3/c1-14(2)10(11(14)13(18)19)12(17)15-8-5-7-16-6-3-4-9(8)16/h8-11H,3-7H2,1-2H3,(H,15,17)(H,18,19)/t8?,9?,10-,11+/m1/s1. The number of hydrogen-bond acceptors (Lipinski definition) is 3. The Morgan fingerprint density at radius 1 is 1.21 bits per heavy atom. The van der Waals surface area contributed by atoms with Crippen molar-refractivity contribution in [1.29, 1.82) is 0 Å². The number of carbonyl (C=O) groups is 2. The van der Waals surface area contributed by atoms with Crippen LogP contribution in [0.25, 0.3) is 0 Å². The van der Waals surface area contributed by atoms with E-state index in [4.69, 9.17) is 5.11 Å². The van der Waals surface area contributed by atoms with Crippen LogP contribution in [0.5, 0.6) is 0 Å². The number of rotatable bonds is 3. The highest BCUT2D eigenvalue weighted by molar-refractivity contribution is 5.91. The van der Waals surface area contributed by atoms with E-state index in [-0.39, 0.29) is 17.9 Å². The van der Waals surface area contributed by atoms with Gasteiger partial charge in [0, 0.05) is 18.6 Å². The molecule has 1 saturated carbocycles. The Hall–Kier alpha value is -1.10. The van der Waals surface area contributed by atoms with Gasteiger partial charge >= 0.3 is 5.97 Å². The summed E-state index contributed by atoms with van der Waals surface area (Å²) in [4.78, 5) is 25.9. The molecule has 1 aliphatic carbocycles. The van der Waals surface area contributed by atoms with Crippen LogP contribution in [-0.2, 0) is 9.59 Å². The lowest BCUT2D eigenvalue weighted by Crippen LogP contribution is -2.43. The quantitative estimate of drug-likeness (QED) is 0.789. The van der Waals surface area contributed by atoms with Crippen molar-refractivity contribution >= 4 is 11.9 Å². The molecule has 3 aliphatic rings. The highest BCUT2D eigenvalue weighted by Crippen LogP contribution is 2.58. The molecule has 2 aliphatic heterocycles. The van der Waals surface area contributed by atoms with Gasteiger partial charge in [0.15, 0.2) is 0 Å². The molecule has 3 fully saturated rings. The Morgan fingerprint density at radius 2 is 1.95 bits per heavy atom. The van der Waals surface area contributed by atoms with Crippen LogP contribution >= 0.6 is 0 Å². The minimum Gasteiger partial charge on any atom is -0.481 e. The molecule has 1 amide bonds. The second-order valence-electron chi connectivity index (χ2n) is 6.76. The van der Waals surface area contributed by atoms with E-state index < -0.39 is 17.3 Å². The largest absolute Gasteiger partial charge is 0.481 e. The lowest BCUT2D eigenvalue weighted by Gasteiger charge is -2.21. The van der Waals surface area contributed by atoms with Crippen LogP contribution < -0.4 is 5.32 Å². The molecule has 5 nitrogen and oxygen atoms in total. The van der Waals surface area contributed by atoms with Gasteiger partial charge < -0.3 is 10.4 Å². The predicted octanol–water partition coefficient (Wildman–Crippen LogP) is 0.696. The van der Waals surface area contributed by atoms with E-state index >= 15 is 0 Å². The van der Waals surface area contributed by atoms with E-state index in [2.05, 4.69) is 10.2 Å². The van der Waals surface area contributed by atoms with Crippen molar-refractivity contribution in [1.82, 2.24) is 10.2 Å². The zero-order valence-electron chi connectivity index (χ0n) is 11.6. The number of carboxylic acid groups (broad SMARTS) is 1. The molecule has 0 radical (unpaired) electrons. The van der Waals surface area contributed by atoms with Crippen LogP contribution in [0.2, 0.25) is 0 Å². The smallest absolute Gasteiger partial charge is 0.307 e. The number of hydrogen-bond donors (Lipinski definition) is 2. The minimum absolute atomic E-state index is 0.0591. The molecule has 2 saturated heterocycles. The molecule has 2 heterocycles. The third kappa shape index (κ3) is 1.95. The number of carboxylic acids is 1. The summed E-state index contributed by atoms with van der Waals surface area (Å²) in [5.74, 6) is -1.79. The van der Waals surface area contributed by atoms with Crippen LogP contribution in [-0.4, -0.2) is 47.1 Å². The maximum atomic E-state index is 12.3. The second-order valence-corrected chi connectivity index (χ2v) is 6.76. The molecule has 19 heavy (non-hydrogen) atoms. The Bertz CT molecular complexity index is 421. The number of fused-ring (bicyclic) bond motifs is 1. The van der Waals surface area contributed by atoms with Gasteiger partial charge in [0.25, 0.3) is 0 Å². The van der Waals surface area contributed by atoms with Crippen LogP contribution in [0, 0.1) is 17.3 Å². The molecule has 2 unspecified atom stereocenters. The summed E-state index contributed by atoms with van der Waals surface area (Å²) in [5.41, 5.74) is -0.399. The monoisotopic (exact) mass is 266 g/mol. The summed E-state index contributed by atoms with van der Waals surface area (Å²) in [7, 11) is 0. The van der Waals surface area contributed by atoms with E-state index in [0.717, 1.165) is 25.9 Å². The minimum atomic E-state index is -0.848. The molecule has 0 aromatic rings. The summed E-state index contributed by atoms with van der Waals surface area (Å²) < 4.78 is 0. The fourth-order valence-corrected chi connectivity index (χ4v) is 4.11. The SMILES string of the molecule is CC1(C)[C@H](C(=O)O)[C@@H]1C(=O)NC1CCN2CCCC12. The first kappa shape index (κ1) is 12.9. The van der Waals surface area contributed by atoms with Crippen molar-refractivity contribution in [3.05, 3.63) is 0 Å². The zero-order valence-corrected chi connectivity index (χ0v) is 11.6. The van der Waals surface area contributed by atoms with Crippen molar-refractivity contribution in [3.63, 3.8) is 0 Å². The van der Waals surface area contributed by atoms with Crippen molar-refractivity contribution in [3.8, 4) is 0 Å². The predicted molar refractivity (Wildman–Crippen MR) is 69.5 cm³/mol. The molecule has 3 rings (SSSR count). The summed E-state index contributed by atoms with van der Waals surface area (Å²) in [6.45, 7) is 5.94. The first-order valence-electron chi connectivity index (χ1n) is 7.20. The molecule has 106 valence electrons. The average molecular weight is 266 g/mol. The van der Waals surface area contributed by atoms with Crippen molar-refractivity contribution in [2.24, 2.45) is 17.3 Å². The van der Waals surface area contributed by atoms with Gasteiger partial charge in [-0.2, -0.15) is 0 Å². The number of nitrogens with zero attached hydrogens (tertiary/aromatic N) is 1. The van der Waals surface area contributed by atoms with Crippen molar-refractivity contribution in [2.75, 3.05) is 13.1 Å². The summed E-state index contributed by atoms with van der Waals surface area (Å²) >= 11 is 0. The lowest BCUT2D eigenvalue weighted by molar-refractivity contribution is -0.140. The summed E-state index contributed by atoms with van der Waals surface area (Å²) in [6, 6.07) is 0.704. The normalized spacial score (nSPS) is 39.9. The van der Waals surface area contributed by atoms with Gasteiger partial charge in [0.1, 0.15) is 0 Å². The number of carbonyl (C=O) groups excluding carboxylic acids is 1. The van der Waals surface area contributed by atoms with E-state index in [1.54, 1.807) is 0 Å². The molecule has 4 atom stereocenters. The van der Waals surface area contributed by atoms with Gasteiger partial charge in [-0.15, -0.1) is 0 Å². The van der Waals surface area contributed by atoms with E-state index in [9.17, 15) is 9.59 Å². The van der Waals surface area contributed by atoms with E-state index in [1.807, 2.05) is 13.8 Å². The Morgan fingerprint density at radius 3 is 2.58 bits per heavy atom. The van der Waals surface area contributed by atoms with E-state index in [0.29, 0.717) is 6.04 Å². The average Bonchev–Trinajstić information content (AvgIpc) is 2.69. The van der Waals surface area contributed by atoms with Crippen LogP contribution in [0.3, 0.4) is 0 Å². The fraction of sp³-hybridized carbons (Fsp3) is 0.857. The molecular formula is C14H22N2O3. The van der Waals surface area contributed by atoms with E-state index in [1.165, 1.54) is 6.42 Å². The van der Waals surface area contributed by atoms with Gasteiger partial charge in [-0.1, -0.05) is 13.8 Å². The highest BCUT2D eigenvalue weighted by atomic mass is 16.4. The molecular weight excluding hydrogens is 244 g/mol. The zero-order chi connectivity index (χ0) is 13.8. The third-order valence-corrected chi connectivity index (χ3v) is 5.31. The van der Waals surface area contributed by atoms with Crippen molar-refractivity contribution in [2.45, 2.75) is 45.2 Å². The van der Waals surface area contributed by atoms with Crippen LogP contribution in [0.15, 0.2) is 0 Å². The molecule has 0 bridgehead atoms. The third-order valence-electron chi connectivity index (χ3n) is 5.31. The van der Waals surface area contributed by atoms with Gasteiger partial charge in [-0.3, -0.25) is 14.5 Å². The molecule has 2 N–H and O–H groups in total. The lowest BCUT2D eigenvalue weighted by atomic mass is 10.1. The molecule has 5 heteroatoms. The first-order valence-corrected chi connectivity index (χ1v) is 7.20. The topological polar surface area (TPSA) is 69.6 Å². The Labute approximate surface area is 113 Å². The first-order chi connectivity index (χ1) is 8.93. The van der Waals surface area contributed by atoms with Gasteiger partial charge in [0.05, 0.1) is 11.8 Å². The van der Waals surface area contributed by atoms with Crippen LogP contribution in [0.1, 0.15) is 33.1 Å². The Balaban J connectivity index is 1.62. The summed E-state index contributed by atoms with van der Waals surface area (Å²) in [6.07, 6.45) is 3.37. The number of amides is 1. The maximum Gasteiger partial charge on any atom is 0.307 e. The highest BCUT2D eigenvalue weighted by Gasteiger charge is 2.66. The molecule has 0 aromatic heterocycles. The van der Waals surface area contributed by atoms with Gasteiger partial charge in [-0.25, -0.2) is 0 Å². The molecule has 0 aromatic carbocycles. The molecule has 0 spiro atoms. The van der Waals surface area contributed by atoms with Crippen LogP contribution in [0.4, 0.5) is 0 Å². The van der Waals surface area contributed by atoms with Crippen molar-refractivity contribution < 1.29 is 14.7 Å². The maximum absolute atomic E-state index is 12.3. The fourth-order valence-electron chi connectivity index (χ4n) is 4.11. The Kier molecular flexibility index (Phi) is 2.85. The van der Waals surface area contributed by atoms with Gasteiger partial charge in [-0.05, 0) is 31.2 Å². The second kappa shape index (κ2) is 4.20.